The first-order valence-electron chi connectivity index (χ1n) is 1.87. The smallest absolute Gasteiger partial charge is 0.174 e. The Labute approximate surface area is 57.7 Å². The van der Waals surface area contributed by atoms with Gasteiger partial charge in [-0.1, -0.05) is 0 Å². The van der Waals surface area contributed by atoms with E-state index in [0.29, 0.717) is 0 Å². The minimum absolute atomic E-state index is 0. The predicted octanol–water partition coefficient (Wildman–Crippen LogP) is -0.807. The standard InChI is InChI=1S/C3H9BO2.Zn/c1-5-3(4)6-2;/h3H,4H2,1-2H3;. The van der Waals surface area contributed by atoms with Gasteiger partial charge in [0.05, 0.1) is 0 Å². The van der Waals surface area contributed by atoms with Crippen molar-refractivity contribution in [1.82, 2.24) is 0 Å². The van der Waals surface area contributed by atoms with Gasteiger partial charge in [0.15, 0.2) is 7.85 Å². The van der Waals surface area contributed by atoms with Crippen molar-refractivity contribution in [3.8, 4) is 0 Å². The molecule has 0 radical (unpaired) electrons. The fraction of sp³-hybridized carbons (Fsp3) is 1.00. The zero-order chi connectivity index (χ0) is 4.99. The molecule has 0 aliphatic rings. The number of ether oxygens (including phenoxy) is 2. The summed E-state index contributed by atoms with van der Waals surface area (Å²) in [5.41, 5.74) is 0. The van der Waals surface area contributed by atoms with E-state index >= 15 is 0 Å². The van der Waals surface area contributed by atoms with Gasteiger partial charge in [-0.15, -0.1) is 0 Å². The molecule has 0 amide bonds. The maximum atomic E-state index is 4.68. The monoisotopic (exact) mass is 152 g/mol. The van der Waals surface area contributed by atoms with Crippen molar-refractivity contribution in [1.29, 1.82) is 0 Å². The van der Waals surface area contributed by atoms with Crippen LogP contribution in [-0.2, 0) is 29.0 Å². The largest absolute Gasteiger partial charge is 0.365 e. The van der Waals surface area contributed by atoms with Crippen LogP contribution in [0.15, 0.2) is 0 Å². The summed E-state index contributed by atoms with van der Waals surface area (Å²) in [6, 6.07) is 0. The predicted molar refractivity (Wildman–Crippen MR) is 26.3 cm³/mol. The molecule has 0 aliphatic carbocycles. The van der Waals surface area contributed by atoms with Crippen LogP contribution in [-0.4, -0.2) is 28.3 Å². The van der Waals surface area contributed by atoms with Crippen LogP contribution in [0.5, 0.6) is 0 Å². The van der Waals surface area contributed by atoms with Crippen molar-refractivity contribution in [2.45, 2.75) is 6.19 Å². The Morgan fingerprint density at radius 1 is 1.29 bits per heavy atom. The number of hydrogen-bond acceptors (Lipinski definition) is 2. The van der Waals surface area contributed by atoms with E-state index in [4.69, 9.17) is 0 Å². The SMILES string of the molecule is BC(OC)OC.[Zn]. The van der Waals surface area contributed by atoms with Gasteiger partial charge in [0.2, 0.25) is 0 Å². The van der Waals surface area contributed by atoms with Crippen molar-refractivity contribution < 1.29 is 29.0 Å². The van der Waals surface area contributed by atoms with E-state index in [0.717, 1.165) is 0 Å². The molecule has 4 heteroatoms. The summed E-state index contributed by atoms with van der Waals surface area (Å²) in [4.78, 5) is 0. The Morgan fingerprint density at radius 2 is 1.57 bits per heavy atom. The fourth-order valence-electron chi connectivity index (χ4n) is 0.0962. The summed E-state index contributed by atoms with van der Waals surface area (Å²) in [5.74, 6) is 0. The first-order chi connectivity index (χ1) is 2.81. The van der Waals surface area contributed by atoms with Crippen molar-refractivity contribution in [3.63, 3.8) is 0 Å². The van der Waals surface area contributed by atoms with E-state index in [1.165, 1.54) is 0 Å². The van der Waals surface area contributed by atoms with E-state index in [9.17, 15) is 0 Å². The molecule has 0 fully saturated rings. The van der Waals surface area contributed by atoms with Crippen LogP contribution >= 0.6 is 0 Å². The number of rotatable bonds is 2. The Kier molecular flexibility index (Phi) is 9.97. The summed E-state index contributed by atoms with van der Waals surface area (Å²) in [7, 11) is 5.04. The van der Waals surface area contributed by atoms with E-state index in [2.05, 4.69) is 9.47 Å². The van der Waals surface area contributed by atoms with Crippen LogP contribution in [0.25, 0.3) is 0 Å². The third-order valence-electron chi connectivity index (χ3n) is 0.664. The number of methoxy groups -OCH3 is 2. The summed E-state index contributed by atoms with van der Waals surface area (Å²) in [6.07, 6.45) is -0.0648. The molecule has 0 bridgehead atoms. The molecule has 0 aromatic rings. The maximum absolute atomic E-state index is 4.68. The molecule has 0 N–H and O–H groups in total. The van der Waals surface area contributed by atoms with Crippen LogP contribution < -0.4 is 0 Å². The van der Waals surface area contributed by atoms with Crippen molar-refractivity contribution in [2.24, 2.45) is 0 Å². The molecule has 2 nitrogen and oxygen atoms in total. The molecule has 0 rings (SSSR count). The summed E-state index contributed by atoms with van der Waals surface area (Å²) in [6.45, 7) is 0. The van der Waals surface area contributed by atoms with Crippen molar-refractivity contribution in [2.75, 3.05) is 14.2 Å². The van der Waals surface area contributed by atoms with Gasteiger partial charge >= 0.3 is 0 Å². The van der Waals surface area contributed by atoms with Crippen LogP contribution in [0.1, 0.15) is 0 Å². The van der Waals surface area contributed by atoms with Gasteiger partial charge in [-0.05, 0) is 0 Å². The molecule has 0 heterocycles. The van der Waals surface area contributed by atoms with Crippen molar-refractivity contribution >= 4 is 7.85 Å². The van der Waals surface area contributed by atoms with Crippen LogP contribution in [0.2, 0.25) is 0 Å². The second-order valence-electron chi connectivity index (χ2n) is 1.04. The summed E-state index contributed by atoms with van der Waals surface area (Å²) < 4.78 is 9.35. The zero-order valence-corrected chi connectivity index (χ0v) is 8.07. The Morgan fingerprint density at radius 3 is 1.57 bits per heavy atom. The molecule has 0 aromatic heterocycles. The Balaban J connectivity index is 0. The van der Waals surface area contributed by atoms with E-state index in [1.54, 1.807) is 14.2 Å². The molecule has 0 saturated carbocycles. The first-order valence-corrected chi connectivity index (χ1v) is 1.87. The molecular weight excluding hydrogens is 144 g/mol. The van der Waals surface area contributed by atoms with E-state index in [-0.39, 0.29) is 25.7 Å². The average Bonchev–Trinajstić information content (AvgIpc) is 1.65. The van der Waals surface area contributed by atoms with Gasteiger partial charge in [-0.25, -0.2) is 0 Å². The van der Waals surface area contributed by atoms with Gasteiger partial charge in [-0.2, -0.15) is 0 Å². The van der Waals surface area contributed by atoms with Crippen LogP contribution in [0, 0.1) is 0 Å². The zero-order valence-electron chi connectivity index (χ0n) is 5.10. The van der Waals surface area contributed by atoms with Gasteiger partial charge in [0, 0.05) is 33.7 Å². The third kappa shape index (κ3) is 6.61. The van der Waals surface area contributed by atoms with E-state index < -0.39 is 0 Å². The molecule has 38 valence electrons. The van der Waals surface area contributed by atoms with Crippen LogP contribution in [0.3, 0.4) is 0 Å². The summed E-state index contributed by atoms with van der Waals surface area (Å²) >= 11 is 0. The van der Waals surface area contributed by atoms with Gasteiger partial charge in [-0.3, -0.25) is 0 Å². The number of hydrogen-bond donors (Lipinski definition) is 0. The quantitative estimate of drug-likeness (QED) is 0.382. The normalized spacial score (nSPS) is 8.43. The molecule has 0 aromatic carbocycles. The maximum Gasteiger partial charge on any atom is 0.174 e. The van der Waals surface area contributed by atoms with Crippen LogP contribution in [0.4, 0.5) is 0 Å². The Hall–Kier alpha value is 0.608. The van der Waals surface area contributed by atoms with Gasteiger partial charge in [0.1, 0.15) is 6.19 Å². The molecule has 0 unspecified atom stereocenters. The second kappa shape index (κ2) is 6.61. The Bertz CT molecular complexity index is 32.1. The topological polar surface area (TPSA) is 18.5 Å². The molecule has 0 aliphatic heterocycles. The van der Waals surface area contributed by atoms with E-state index in [1.807, 2.05) is 7.85 Å². The third-order valence-corrected chi connectivity index (χ3v) is 0.664. The minimum Gasteiger partial charge on any atom is -0.365 e. The molecule has 0 atom stereocenters. The second-order valence-corrected chi connectivity index (χ2v) is 1.04. The summed E-state index contributed by atoms with van der Waals surface area (Å²) in [5, 5.41) is 0. The first kappa shape index (κ1) is 10.6. The average molecular weight is 153 g/mol. The van der Waals surface area contributed by atoms with Gasteiger partial charge in [0.25, 0.3) is 0 Å². The fourth-order valence-corrected chi connectivity index (χ4v) is 0.0962. The molecular formula is C3H9BO2Zn. The minimum atomic E-state index is -0.0648. The van der Waals surface area contributed by atoms with Crippen molar-refractivity contribution in [3.05, 3.63) is 0 Å². The van der Waals surface area contributed by atoms with Gasteiger partial charge < -0.3 is 9.47 Å². The molecule has 0 saturated heterocycles. The molecule has 7 heavy (non-hydrogen) atoms. The molecule has 0 spiro atoms.